The lowest BCUT2D eigenvalue weighted by Crippen LogP contribution is -2.36. The molecule has 0 spiro atoms. The van der Waals surface area contributed by atoms with Crippen LogP contribution in [0.4, 0.5) is 10.8 Å². The van der Waals surface area contributed by atoms with Crippen molar-refractivity contribution in [3.63, 3.8) is 0 Å². The first-order valence-electron chi connectivity index (χ1n) is 8.87. The van der Waals surface area contributed by atoms with E-state index in [-0.39, 0.29) is 5.91 Å². The van der Waals surface area contributed by atoms with E-state index in [1.807, 2.05) is 18.2 Å². The second-order valence-electron chi connectivity index (χ2n) is 6.30. The molecule has 1 fully saturated rings. The lowest BCUT2D eigenvalue weighted by Gasteiger charge is -2.25. The molecule has 0 saturated carbocycles. The van der Waals surface area contributed by atoms with Crippen molar-refractivity contribution in [2.24, 2.45) is 0 Å². The van der Waals surface area contributed by atoms with E-state index in [9.17, 15) is 9.59 Å². The van der Waals surface area contributed by atoms with Gasteiger partial charge in [-0.2, -0.15) is 0 Å². The predicted molar refractivity (Wildman–Crippen MR) is 108 cm³/mol. The average Bonchev–Trinajstić information content (AvgIpc) is 3.17. The van der Waals surface area contributed by atoms with Crippen LogP contribution in [0.2, 0.25) is 0 Å². The fourth-order valence-electron chi connectivity index (χ4n) is 2.96. The number of esters is 1. The van der Waals surface area contributed by atoms with Crippen LogP contribution in [0.3, 0.4) is 0 Å². The lowest BCUT2D eigenvalue weighted by atomic mass is 10.1. The second-order valence-corrected chi connectivity index (χ2v) is 7.31. The minimum atomic E-state index is -0.432. The number of anilines is 2. The summed E-state index contributed by atoms with van der Waals surface area (Å²) in [6, 6.07) is 12.0. The van der Waals surface area contributed by atoms with Gasteiger partial charge in [0.25, 0.3) is 5.91 Å². The minimum Gasteiger partial charge on any atom is -0.465 e. The molecule has 0 bridgehead atoms. The molecule has 4 rings (SSSR count). The van der Waals surface area contributed by atoms with Crippen molar-refractivity contribution < 1.29 is 19.1 Å². The van der Waals surface area contributed by atoms with E-state index in [2.05, 4.69) is 19.9 Å². The molecule has 1 aromatic heterocycles. The van der Waals surface area contributed by atoms with E-state index >= 15 is 0 Å². The highest BCUT2D eigenvalue weighted by Gasteiger charge is 2.16. The van der Waals surface area contributed by atoms with E-state index in [4.69, 9.17) is 4.74 Å². The highest BCUT2D eigenvalue weighted by Crippen LogP contribution is 2.31. The van der Waals surface area contributed by atoms with Crippen molar-refractivity contribution in [3.8, 4) is 0 Å². The Labute approximate surface area is 165 Å². The molecule has 0 atom stereocenters. The van der Waals surface area contributed by atoms with Crippen molar-refractivity contribution in [2.75, 3.05) is 43.6 Å². The third-order valence-corrected chi connectivity index (χ3v) is 5.56. The van der Waals surface area contributed by atoms with Crippen LogP contribution < -0.4 is 10.2 Å². The number of methoxy groups -OCH3 is 1. The zero-order valence-electron chi connectivity index (χ0n) is 15.3. The largest absolute Gasteiger partial charge is 0.465 e. The van der Waals surface area contributed by atoms with Crippen LogP contribution in [0, 0.1) is 0 Å². The van der Waals surface area contributed by atoms with Gasteiger partial charge in [0.2, 0.25) is 0 Å². The maximum absolute atomic E-state index is 12.5. The van der Waals surface area contributed by atoms with Gasteiger partial charge in [-0.1, -0.05) is 11.3 Å². The van der Waals surface area contributed by atoms with Crippen molar-refractivity contribution in [3.05, 3.63) is 53.6 Å². The molecule has 144 valence electrons. The molecular weight excluding hydrogens is 378 g/mol. The number of aromatic nitrogens is 1. The topological polar surface area (TPSA) is 80.8 Å². The fourth-order valence-corrected chi connectivity index (χ4v) is 4.02. The van der Waals surface area contributed by atoms with E-state index < -0.39 is 5.97 Å². The number of thiazole rings is 1. The third-order valence-electron chi connectivity index (χ3n) is 4.48. The minimum absolute atomic E-state index is 0.242. The molecule has 7 nitrogen and oxygen atoms in total. The number of ether oxygens (including phenoxy) is 2. The van der Waals surface area contributed by atoms with Gasteiger partial charge in [0.15, 0.2) is 5.13 Å². The smallest absolute Gasteiger partial charge is 0.337 e. The van der Waals surface area contributed by atoms with Crippen LogP contribution >= 0.6 is 11.3 Å². The highest BCUT2D eigenvalue weighted by atomic mass is 32.1. The Bertz CT molecular complexity index is 1010. The van der Waals surface area contributed by atoms with Gasteiger partial charge in [-0.3, -0.25) is 4.79 Å². The van der Waals surface area contributed by atoms with Gasteiger partial charge in [-0.05, 0) is 42.5 Å². The van der Waals surface area contributed by atoms with Gasteiger partial charge in [-0.25, -0.2) is 9.78 Å². The summed E-state index contributed by atoms with van der Waals surface area (Å²) in [6.45, 7) is 3.11. The normalized spacial score (nSPS) is 14.1. The summed E-state index contributed by atoms with van der Waals surface area (Å²) in [5.74, 6) is -0.674. The van der Waals surface area contributed by atoms with Gasteiger partial charge >= 0.3 is 5.97 Å². The second kappa shape index (κ2) is 7.95. The van der Waals surface area contributed by atoms with Crippen LogP contribution in [0.1, 0.15) is 20.7 Å². The highest BCUT2D eigenvalue weighted by molar-refractivity contribution is 7.22. The summed E-state index contributed by atoms with van der Waals surface area (Å²) in [5, 5.41) is 3.86. The molecular formula is C20H19N3O4S. The number of amides is 1. The van der Waals surface area contributed by atoms with Gasteiger partial charge < -0.3 is 19.7 Å². The number of carbonyl (C=O) groups is 2. The molecule has 1 amide bonds. The number of nitrogens with one attached hydrogen (secondary N) is 1. The molecule has 0 aliphatic carbocycles. The summed E-state index contributed by atoms with van der Waals surface area (Å²) in [5.41, 5.74) is 2.48. The quantitative estimate of drug-likeness (QED) is 0.681. The molecule has 2 aromatic carbocycles. The Balaban J connectivity index is 1.49. The zero-order chi connectivity index (χ0) is 19.5. The number of rotatable bonds is 4. The van der Waals surface area contributed by atoms with Gasteiger partial charge in [0.1, 0.15) is 0 Å². The number of hydrogen-bond donors (Lipinski definition) is 1. The summed E-state index contributed by atoms with van der Waals surface area (Å²) >= 11 is 1.61. The number of carbonyl (C=O) groups excluding carboxylic acids is 2. The van der Waals surface area contributed by atoms with Crippen molar-refractivity contribution in [2.45, 2.75) is 0 Å². The SMILES string of the molecule is COC(=O)c1ccc(C(=O)Nc2ccc3nc(N4CCOCC4)sc3c2)cc1. The maximum Gasteiger partial charge on any atom is 0.337 e. The number of fused-ring (bicyclic) bond motifs is 1. The molecule has 1 saturated heterocycles. The van der Waals surface area contributed by atoms with Crippen molar-refractivity contribution in [1.82, 2.24) is 4.98 Å². The zero-order valence-corrected chi connectivity index (χ0v) is 16.1. The predicted octanol–water partition coefficient (Wildman–Crippen LogP) is 3.17. The lowest BCUT2D eigenvalue weighted by molar-refractivity contribution is 0.0600. The third kappa shape index (κ3) is 3.83. The Hall–Kier alpha value is -2.97. The Morgan fingerprint density at radius 1 is 1.11 bits per heavy atom. The van der Waals surface area contributed by atoms with E-state index in [0.29, 0.717) is 30.0 Å². The van der Waals surface area contributed by atoms with E-state index in [1.165, 1.54) is 7.11 Å². The van der Waals surface area contributed by atoms with Gasteiger partial charge in [0.05, 0.1) is 36.1 Å². The number of hydrogen-bond acceptors (Lipinski definition) is 7. The average molecular weight is 397 g/mol. The Kier molecular flexibility index (Phi) is 5.23. The van der Waals surface area contributed by atoms with Crippen LogP contribution in [0.25, 0.3) is 10.2 Å². The number of nitrogens with zero attached hydrogens (tertiary/aromatic N) is 2. The Morgan fingerprint density at radius 2 is 1.82 bits per heavy atom. The van der Waals surface area contributed by atoms with Crippen LogP contribution in [-0.2, 0) is 9.47 Å². The van der Waals surface area contributed by atoms with Gasteiger partial charge in [0, 0.05) is 24.3 Å². The first-order chi connectivity index (χ1) is 13.6. The van der Waals surface area contributed by atoms with Crippen LogP contribution in [0.5, 0.6) is 0 Å². The number of benzene rings is 2. The molecule has 1 aliphatic rings. The summed E-state index contributed by atoms with van der Waals surface area (Å²) in [4.78, 5) is 30.9. The standard InChI is InChI=1S/C20H19N3O4S/c1-26-19(25)14-4-2-13(3-5-14)18(24)21-15-6-7-16-17(12-15)28-20(22-16)23-8-10-27-11-9-23/h2-7,12H,8-11H2,1H3,(H,21,24). The van der Waals surface area contributed by atoms with Crippen molar-refractivity contribution in [1.29, 1.82) is 0 Å². The maximum atomic E-state index is 12.5. The summed E-state index contributed by atoms with van der Waals surface area (Å²) in [6.07, 6.45) is 0. The molecule has 0 unspecified atom stereocenters. The molecule has 1 aliphatic heterocycles. The summed E-state index contributed by atoms with van der Waals surface area (Å²) in [7, 11) is 1.32. The Morgan fingerprint density at radius 3 is 2.54 bits per heavy atom. The van der Waals surface area contributed by atoms with E-state index in [1.54, 1.807) is 35.6 Å². The fraction of sp³-hybridized carbons (Fsp3) is 0.250. The molecule has 8 heteroatoms. The first-order valence-corrected chi connectivity index (χ1v) is 9.69. The molecule has 2 heterocycles. The first kappa shape index (κ1) is 18.4. The molecule has 28 heavy (non-hydrogen) atoms. The molecule has 0 radical (unpaired) electrons. The monoisotopic (exact) mass is 397 g/mol. The van der Waals surface area contributed by atoms with Crippen LogP contribution in [-0.4, -0.2) is 50.3 Å². The molecule has 3 aromatic rings. The van der Waals surface area contributed by atoms with Crippen molar-refractivity contribution >= 4 is 44.2 Å². The van der Waals surface area contributed by atoms with Gasteiger partial charge in [-0.15, -0.1) is 0 Å². The molecule has 1 N–H and O–H groups in total. The summed E-state index contributed by atoms with van der Waals surface area (Å²) < 4.78 is 11.1. The number of morpholine rings is 1. The van der Waals surface area contributed by atoms with E-state index in [0.717, 1.165) is 28.4 Å². The van der Waals surface area contributed by atoms with Crippen LogP contribution in [0.15, 0.2) is 42.5 Å².